The average Bonchev–Trinajstić information content (AvgIpc) is 2.01. The zero-order valence-corrected chi connectivity index (χ0v) is 10.5. The molecule has 0 unspecified atom stereocenters. The van der Waals surface area contributed by atoms with E-state index < -0.39 is 0 Å². The van der Waals surface area contributed by atoms with Gasteiger partial charge in [-0.25, -0.2) is 4.39 Å². The van der Waals surface area contributed by atoms with Crippen molar-refractivity contribution in [3.05, 3.63) is 35.1 Å². The maximum absolute atomic E-state index is 13.1. The minimum absolute atomic E-state index is 0.134. The largest absolute Gasteiger partial charge is 0.207 e. The molecule has 14 heavy (non-hydrogen) atoms. The van der Waals surface area contributed by atoms with Gasteiger partial charge in [0.25, 0.3) is 0 Å². The quantitative estimate of drug-likeness (QED) is 0.717. The van der Waals surface area contributed by atoms with Gasteiger partial charge < -0.3 is 0 Å². The smallest absolute Gasteiger partial charge is 0.123 e. The Morgan fingerprint density at radius 2 is 1.93 bits per heavy atom. The van der Waals surface area contributed by atoms with Crippen molar-refractivity contribution in [1.29, 1.82) is 0 Å². The Bertz CT molecular complexity index is 298. The van der Waals surface area contributed by atoms with Crippen LogP contribution >= 0.6 is 15.9 Å². The van der Waals surface area contributed by atoms with Crippen LogP contribution in [0.1, 0.15) is 25.0 Å². The van der Waals surface area contributed by atoms with E-state index in [1.807, 2.05) is 13.0 Å². The second-order valence-corrected chi connectivity index (χ2v) is 5.17. The van der Waals surface area contributed by atoms with Crippen LogP contribution in [0, 0.1) is 18.2 Å². The first kappa shape index (κ1) is 11.7. The monoisotopic (exact) mass is 258 g/mol. The van der Waals surface area contributed by atoms with E-state index in [-0.39, 0.29) is 11.2 Å². The van der Waals surface area contributed by atoms with Crippen LogP contribution in [-0.4, -0.2) is 5.33 Å². The highest BCUT2D eigenvalue weighted by molar-refractivity contribution is 9.09. The van der Waals surface area contributed by atoms with Gasteiger partial charge in [0.15, 0.2) is 0 Å². The number of alkyl halides is 1. The number of benzene rings is 1. The van der Waals surface area contributed by atoms with E-state index >= 15 is 0 Å². The Balaban J connectivity index is 2.87. The molecule has 0 saturated carbocycles. The summed E-state index contributed by atoms with van der Waals surface area (Å²) < 4.78 is 13.1. The first-order valence-electron chi connectivity index (χ1n) is 4.75. The van der Waals surface area contributed by atoms with Crippen LogP contribution in [0.5, 0.6) is 0 Å². The number of halogens is 2. The molecule has 0 radical (unpaired) electrons. The van der Waals surface area contributed by atoms with Crippen LogP contribution in [-0.2, 0) is 6.42 Å². The van der Waals surface area contributed by atoms with Gasteiger partial charge >= 0.3 is 0 Å². The lowest BCUT2D eigenvalue weighted by atomic mass is 9.87. The molecule has 1 aromatic carbocycles. The lowest BCUT2D eigenvalue weighted by Gasteiger charge is -2.21. The summed E-state index contributed by atoms with van der Waals surface area (Å²) in [7, 11) is 0. The zero-order valence-electron chi connectivity index (χ0n) is 8.90. The van der Waals surface area contributed by atoms with Crippen molar-refractivity contribution in [2.75, 3.05) is 5.33 Å². The van der Waals surface area contributed by atoms with Gasteiger partial charge in [-0.15, -0.1) is 0 Å². The van der Waals surface area contributed by atoms with Crippen LogP contribution in [0.3, 0.4) is 0 Å². The predicted molar refractivity (Wildman–Crippen MR) is 62.4 cm³/mol. The Labute approximate surface area is 93.7 Å². The standard InChI is InChI=1S/C12H16BrF/c1-9-4-10(6-11(14)5-9)7-12(2,3)8-13/h4-6H,7-8H2,1-3H3. The molecule has 0 aromatic heterocycles. The molecule has 0 saturated heterocycles. The zero-order chi connectivity index (χ0) is 10.8. The molecular formula is C12H16BrF. The summed E-state index contributed by atoms with van der Waals surface area (Å²) in [5.74, 6) is -0.134. The van der Waals surface area contributed by atoms with Crippen molar-refractivity contribution in [2.24, 2.45) is 5.41 Å². The first-order valence-corrected chi connectivity index (χ1v) is 5.87. The molecule has 0 fully saturated rings. The number of hydrogen-bond acceptors (Lipinski definition) is 0. The molecule has 0 nitrogen and oxygen atoms in total. The van der Waals surface area contributed by atoms with Crippen molar-refractivity contribution >= 4 is 15.9 Å². The van der Waals surface area contributed by atoms with Gasteiger partial charge in [0.2, 0.25) is 0 Å². The average molecular weight is 259 g/mol. The molecule has 0 bridgehead atoms. The van der Waals surface area contributed by atoms with E-state index in [0.29, 0.717) is 0 Å². The van der Waals surface area contributed by atoms with Crippen LogP contribution < -0.4 is 0 Å². The molecule has 78 valence electrons. The highest BCUT2D eigenvalue weighted by atomic mass is 79.9. The normalized spacial score (nSPS) is 11.8. The van der Waals surface area contributed by atoms with Crippen molar-refractivity contribution in [3.63, 3.8) is 0 Å². The van der Waals surface area contributed by atoms with Crippen LogP contribution in [0.2, 0.25) is 0 Å². The minimum atomic E-state index is -0.134. The van der Waals surface area contributed by atoms with Crippen molar-refractivity contribution in [1.82, 2.24) is 0 Å². The van der Waals surface area contributed by atoms with Crippen molar-refractivity contribution in [2.45, 2.75) is 27.2 Å². The number of aryl methyl sites for hydroxylation is 1. The Kier molecular flexibility index (Phi) is 3.71. The summed E-state index contributed by atoms with van der Waals surface area (Å²) in [6.45, 7) is 6.26. The van der Waals surface area contributed by atoms with E-state index in [9.17, 15) is 4.39 Å². The molecule has 0 amide bonds. The topological polar surface area (TPSA) is 0 Å². The lowest BCUT2D eigenvalue weighted by Crippen LogP contribution is -2.16. The van der Waals surface area contributed by atoms with Crippen molar-refractivity contribution in [3.8, 4) is 0 Å². The van der Waals surface area contributed by atoms with E-state index in [0.717, 1.165) is 22.9 Å². The van der Waals surface area contributed by atoms with E-state index in [1.54, 1.807) is 12.1 Å². The molecule has 1 rings (SSSR count). The van der Waals surface area contributed by atoms with Gasteiger partial charge in [-0.1, -0.05) is 35.8 Å². The molecule has 2 heteroatoms. The highest BCUT2D eigenvalue weighted by Crippen LogP contribution is 2.24. The van der Waals surface area contributed by atoms with Crippen LogP contribution in [0.15, 0.2) is 18.2 Å². The fraction of sp³-hybridized carbons (Fsp3) is 0.500. The Morgan fingerprint density at radius 3 is 2.43 bits per heavy atom. The Morgan fingerprint density at radius 1 is 1.29 bits per heavy atom. The van der Waals surface area contributed by atoms with Gasteiger partial charge in [0.05, 0.1) is 0 Å². The molecule has 0 N–H and O–H groups in total. The molecular weight excluding hydrogens is 243 g/mol. The SMILES string of the molecule is Cc1cc(F)cc(CC(C)(C)CBr)c1. The molecule has 0 aliphatic heterocycles. The van der Waals surface area contributed by atoms with Gasteiger partial charge in [-0.2, -0.15) is 0 Å². The third-order valence-corrected chi connectivity index (χ3v) is 3.66. The molecule has 0 aliphatic rings. The fourth-order valence-electron chi connectivity index (χ4n) is 1.51. The van der Waals surface area contributed by atoms with Gasteiger partial charge in [0.1, 0.15) is 5.82 Å². The minimum Gasteiger partial charge on any atom is -0.207 e. The molecule has 1 aromatic rings. The van der Waals surface area contributed by atoms with Gasteiger partial charge in [-0.05, 0) is 42.0 Å². The van der Waals surface area contributed by atoms with Crippen molar-refractivity contribution < 1.29 is 4.39 Å². The lowest BCUT2D eigenvalue weighted by molar-refractivity contribution is 0.424. The predicted octanol–water partition coefficient (Wildman–Crippen LogP) is 4.10. The third-order valence-electron chi connectivity index (χ3n) is 2.15. The van der Waals surface area contributed by atoms with Gasteiger partial charge in [-0.3, -0.25) is 0 Å². The maximum atomic E-state index is 13.1. The fourth-order valence-corrected chi connectivity index (χ4v) is 1.71. The first-order chi connectivity index (χ1) is 6.43. The van der Waals surface area contributed by atoms with Crippen LogP contribution in [0.4, 0.5) is 4.39 Å². The second-order valence-electron chi connectivity index (χ2n) is 4.61. The van der Waals surface area contributed by atoms with Gasteiger partial charge in [0, 0.05) is 5.33 Å². The summed E-state index contributed by atoms with van der Waals surface area (Å²) in [4.78, 5) is 0. The van der Waals surface area contributed by atoms with E-state index in [1.165, 1.54) is 0 Å². The van der Waals surface area contributed by atoms with E-state index in [2.05, 4.69) is 29.8 Å². The summed E-state index contributed by atoms with van der Waals surface area (Å²) in [5, 5.41) is 0.926. The van der Waals surface area contributed by atoms with E-state index in [4.69, 9.17) is 0 Å². The summed E-state index contributed by atoms with van der Waals surface area (Å²) in [6.07, 6.45) is 0.900. The summed E-state index contributed by atoms with van der Waals surface area (Å²) in [6, 6.07) is 5.23. The maximum Gasteiger partial charge on any atom is 0.123 e. The molecule has 0 aliphatic carbocycles. The highest BCUT2D eigenvalue weighted by Gasteiger charge is 2.17. The summed E-state index contributed by atoms with van der Waals surface area (Å²) in [5.41, 5.74) is 2.25. The Hall–Kier alpha value is -0.370. The molecule has 0 spiro atoms. The number of hydrogen-bond donors (Lipinski definition) is 0. The summed E-state index contributed by atoms with van der Waals surface area (Å²) >= 11 is 3.47. The molecule has 0 atom stereocenters. The third kappa shape index (κ3) is 3.41. The second kappa shape index (κ2) is 4.43. The molecule has 0 heterocycles. The number of rotatable bonds is 3. The van der Waals surface area contributed by atoms with Crippen LogP contribution in [0.25, 0.3) is 0 Å².